The minimum absolute atomic E-state index is 0.0908. The van der Waals surface area contributed by atoms with Crippen LogP contribution in [0, 0.1) is 0 Å². The number of benzene rings is 1. The largest absolute Gasteiger partial charge is 0.504 e. The molecule has 3 nitrogen and oxygen atoms in total. The van der Waals surface area contributed by atoms with E-state index in [1.807, 2.05) is 12.2 Å². The van der Waals surface area contributed by atoms with Gasteiger partial charge in [0.05, 0.1) is 6.61 Å². The number of rotatable bonds is 20. The molecule has 3 heteroatoms. The van der Waals surface area contributed by atoms with Crippen LogP contribution in [0.25, 0.3) is 6.08 Å². The number of ether oxygens (including phenoxy) is 1. The summed E-state index contributed by atoms with van der Waals surface area (Å²) in [5.41, 5.74) is 0.858. The molecule has 0 aliphatic rings. The minimum Gasteiger partial charge on any atom is -0.504 e. The summed E-state index contributed by atoms with van der Waals surface area (Å²) < 4.78 is 5.63. The molecule has 172 valence electrons. The van der Waals surface area contributed by atoms with Crippen molar-refractivity contribution < 1.29 is 14.9 Å². The molecule has 0 bridgehead atoms. The first-order valence-electron chi connectivity index (χ1n) is 12.5. The highest BCUT2D eigenvalue weighted by atomic mass is 16.5. The van der Waals surface area contributed by atoms with Crippen molar-refractivity contribution in [2.45, 2.75) is 110 Å². The Morgan fingerprint density at radius 3 is 1.67 bits per heavy atom. The molecule has 0 amide bonds. The Morgan fingerprint density at radius 1 is 0.667 bits per heavy atom. The minimum atomic E-state index is -0.0914. The fourth-order valence-electron chi connectivity index (χ4n) is 3.73. The summed E-state index contributed by atoms with van der Waals surface area (Å²) in [6.07, 6.45) is 26.0. The molecule has 0 spiro atoms. The highest BCUT2D eigenvalue weighted by molar-refractivity contribution is 5.55. The number of phenolic OH excluding ortho intramolecular Hbond substituents is 2. The van der Waals surface area contributed by atoms with E-state index in [9.17, 15) is 10.2 Å². The first kappa shape index (κ1) is 26.6. The van der Waals surface area contributed by atoms with E-state index in [0.717, 1.165) is 18.6 Å². The predicted molar refractivity (Wildman–Crippen MR) is 129 cm³/mol. The molecule has 0 saturated heterocycles. The van der Waals surface area contributed by atoms with Gasteiger partial charge >= 0.3 is 0 Å². The van der Waals surface area contributed by atoms with E-state index < -0.39 is 0 Å². The van der Waals surface area contributed by atoms with Gasteiger partial charge in [-0.1, -0.05) is 121 Å². The maximum absolute atomic E-state index is 9.45. The highest BCUT2D eigenvalue weighted by Crippen LogP contribution is 2.25. The Balaban J connectivity index is 1.77. The van der Waals surface area contributed by atoms with Crippen molar-refractivity contribution in [2.24, 2.45) is 0 Å². The summed E-state index contributed by atoms with van der Waals surface area (Å²) in [4.78, 5) is 0. The van der Waals surface area contributed by atoms with Gasteiger partial charge in [-0.05, 0) is 24.1 Å². The van der Waals surface area contributed by atoms with E-state index in [0.29, 0.717) is 6.61 Å². The first-order valence-corrected chi connectivity index (χ1v) is 12.5. The Morgan fingerprint density at radius 2 is 1.17 bits per heavy atom. The molecule has 0 atom stereocenters. The zero-order chi connectivity index (χ0) is 21.7. The first-order chi connectivity index (χ1) is 14.7. The van der Waals surface area contributed by atoms with Crippen LogP contribution in [0.1, 0.15) is 115 Å². The number of hydrogen-bond donors (Lipinski definition) is 2. The normalized spacial score (nSPS) is 11.5. The van der Waals surface area contributed by atoms with Gasteiger partial charge in [-0.15, -0.1) is 0 Å². The van der Waals surface area contributed by atoms with Gasteiger partial charge in [-0.25, -0.2) is 0 Å². The summed E-state index contributed by atoms with van der Waals surface area (Å²) in [7, 11) is 0. The van der Waals surface area contributed by atoms with Crippen molar-refractivity contribution in [3.63, 3.8) is 0 Å². The van der Waals surface area contributed by atoms with Gasteiger partial charge in [0, 0.05) is 6.61 Å². The zero-order valence-electron chi connectivity index (χ0n) is 19.4. The van der Waals surface area contributed by atoms with Crippen LogP contribution in [0.4, 0.5) is 0 Å². The highest BCUT2D eigenvalue weighted by Gasteiger charge is 1.98. The van der Waals surface area contributed by atoms with E-state index in [4.69, 9.17) is 4.74 Å². The Kier molecular flexibility index (Phi) is 17.2. The molecule has 0 saturated carbocycles. The van der Waals surface area contributed by atoms with Crippen LogP contribution in [-0.4, -0.2) is 23.4 Å². The fourth-order valence-corrected chi connectivity index (χ4v) is 3.73. The Bertz CT molecular complexity index is 539. The van der Waals surface area contributed by atoms with E-state index >= 15 is 0 Å². The van der Waals surface area contributed by atoms with E-state index in [1.165, 1.54) is 102 Å². The number of aromatic hydroxyl groups is 2. The number of unbranched alkanes of at least 4 members (excludes halogenated alkanes) is 15. The third kappa shape index (κ3) is 15.4. The molecule has 1 aromatic carbocycles. The van der Waals surface area contributed by atoms with Crippen molar-refractivity contribution in [1.29, 1.82) is 0 Å². The van der Waals surface area contributed by atoms with Crippen LogP contribution < -0.4 is 0 Å². The van der Waals surface area contributed by atoms with E-state index in [2.05, 4.69) is 6.92 Å². The van der Waals surface area contributed by atoms with Gasteiger partial charge in [0.25, 0.3) is 0 Å². The summed E-state index contributed by atoms with van der Waals surface area (Å²) >= 11 is 0. The van der Waals surface area contributed by atoms with Gasteiger partial charge in [0.2, 0.25) is 0 Å². The van der Waals surface area contributed by atoms with Crippen LogP contribution in [-0.2, 0) is 4.74 Å². The molecule has 2 N–H and O–H groups in total. The monoisotopic (exact) mass is 418 g/mol. The van der Waals surface area contributed by atoms with Gasteiger partial charge in [-0.3, -0.25) is 0 Å². The van der Waals surface area contributed by atoms with Crippen LogP contribution in [0.5, 0.6) is 11.5 Å². The van der Waals surface area contributed by atoms with E-state index in [1.54, 1.807) is 12.1 Å². The van der Waals surface area contributed by atoms with Crippen molar-refractivity contribution in [3.05, 3.63) is 29.8 Å². The van der Waals surface area contributed by atoms with Crippen molar-refractivity contribution in [3.8, 4) is 11.5 Å². The van der Waals surface area contributed by atoms with Crippen LogP contribution in [0.3, 0.4) is 0 Å². The maximum atomic E-state index is 9.45. The standard InChI is InChI=1S/C27H46O3/c1-2-3-4-5-6-7-8-9-10-11-12-13-14-15-16-17-22-30-23-18-19-25-20-21-26(28)27(29)24-25/h18-21,24,28-29H,2-17,22-23H2,1H3. The van der Waals surface area contributed by atoms with Crippen LogP contribution in [0.15, 0.2) is 24.3 Å². The van der Waals surface area contributed by atoms with Crippen molar-refractivity contribution in [2.75, 3.05) is 13.2 Å². The van der Waals surface area contributed by atoms with Gasteiger partial charge in [0.15, 0.2) is 11.5 Å². The molecule has 0 radical (unpaired) electrons. The van der Waals surface area contributed by atoms with E-state index in [-0.39, 0.29) is 11.5 Å². The summed E-state index contributed by atoms with van der Waals surface area (Å²) in [5.74, 6) is -0.182. The van der Waals surface area contributed by atoms with Crippen LogP contribution in [0.2, 0.25) is 0 Å². The Hall–Kier alpha value is -1.48. The molecule has 0 heterocycles. The lowest BCUT2D eigenvalue weighted by molar-refractivity contribution is 0.157. The summed E-state index contributed by atoms with van der Waals surface area (Å²) in [6.45, 7) is 3.68. The quantitative estimate of drug-likeness (QED) is 0.165. The lowest BCUT2D eigenvalue weighted by Gasteiger charge is -2.04. The lowest BCUT2D eigenvalue weighted by Crippen LogP contribution is -1.94. The third-order valence-electron chi connectivity index (χ3n) is 5.67. The van der Waals surface area contributed by atoms with Gasteiger partial charge < -0.3 is 14.9 Å². The zero-order valence-corrected chi connectivity index (χ0v) is 19.4. The summed E-state index contributed by atoms with van der Waals surface area (Å²) in [6, 6.07) is 4.80. The molecule has 1 aromatic rings. The molecule has 30 heavy (non-hydrogen) atoms. The topological polar surface area (TPSA) is 49.7 Å². The predicted octanol–water partition coefficient (Wildman–Crippen LogP) is 8.39. The second-order valence-electron chi connectivity index (χ2n) is 8.53. The van der Waals surface area contributed by atoms with Gasteiger partial charge in [0.1, 0.15) is 0 Å². The lowest BCUT2D eigenvalue weighted by atomic mass is 10.0. The smallest absolute Gasteiger partial charge is 0.157 e. The third-order valence-corrected chi connectivity index (χ3v) is 5.67. The number of phenols is 2. The Labute approximate surface area is 185 Å². The molecule has 0 aliphatic carbocycles. The second-order valence-corrected chi connectivity index (χ2v) is 8.53. The van der Waals surface area contributed by atoms with Crippen molar-refractivity contribution in [1.82, 2.24) is 0 Å². The molecule has 0 fully saturated rings. The number of hydrogen-bond acceptors (Lipinski definition) is 3. The molecular formula is C27H46O3. The van der Waals surface area contributed by atoms with Crippen LogP contribution >= 0.6 is 0 Å². The molecule has 0 aromatic heterocycles. The maximum Gasteiger partial charge on any atom is 0.157 e. The molecule has 0 unspecified atom stereocenters. The molecule has 0 aliphatic heterocycles. The molecular weight excluding hydrogens is 372 g/mol. The van der Waals surface area contributed by atoms with Crippen molar-refractivity contribution >= 4 is 6.08 Å². The average Bonchev–Trinajstić information content (AvgIpc) is 2.74. The SMILES string of the molecule is CCCCCCCCCCCCCCCCCCOCC=Cc1ccc(O)c(O)c1. The second kappa shape index (κ2) is 19.5. The average molecular weight is 419 g/mol. The molecule has 1 rings (SSSR count). The summed E-state index contributed by atoms with van der Waals surface area (Å²) in [5, 5.41) is 18.7. The fraction of sp³-hybridized carbons (Fsp3) is 0.704. The van der Waals surface area contributed by atoms with Gasteiger partial charge in [-0.2, -0.15) is 0 Å².